The molecule has 1 aromatic heterocycles. The molecule has 3 aromatic carbocycles. The second kappa shape index (κ2) is 11.3. The van der Waals surface area contributed by atoms with Crippen LogP contribution in [0.15, 0.2) is 65.2 Å². The van der Waals surface area contributed by atoms with Crippen LogP contribution in [0.3, 0.4) is 0 Å². The lowest BCUT2D eigenvalue weighted by Gasteiger charge is -2.22. The summed E-state index contributed by atoms with van der Waals surface area (Å²) in [4.78, 5) is 13.4. The Labute approximate surface area is 226 Å². The van der Waals surface area contributed by atoms with Gasteiger partial charge < -0.3 is 19.3 Å². The van der Waals surface area contributed by atoms with Crippen LogP contribution in [0.25, 0.3) is 11.3 Å². The predicted octanol–water partition coefficient (Wildman–Crippen LogP) is 7.99. The molecular formula is C29H28Cl2N2O4. The van der Waals surface area contributed by atoms with Crippen molar-refractivity contribution in [3.8, 4) is 17.0 Å². The standard InChI is InChI=1S/C29H28Cl2N2O4/c1-17(2)28-22(27(32-37-28)26-23(30)9-6-10-24(26)31)16-36-21-11-12-25(18(3)13-21)33(4)15-19-7-5-8-20(14-19)29(34)35/h5-14,17H,15-16H2,1-4H3,(H,34,35). The molecule has 0 amide bonds. The number of nitrogens with zero attached hydrogens (tertiary/aromatic N) is 2. The smallest absolute Gasteiger partial charge is 0.335 e. The summed E-state index contributed by atoms with van der Waals surface area (Å²) < 4.78 is 11.9. The van der Waals surface area contributed by atoms with Gasteiger partial charge in [0.1, 0.15) is 23.8 Å². The molecule has 0 atom stereocenters. The summed E-state index contributed by atoms with van der Waals surface area (Å²) in [6.45, 7) is 6.89. The number of hydrogen-bond donors (Lipinski definition) is 1. The Balaban J connectivity index is 1.54. The summed E-state index contributed by atoms with van der Waals surface area (Å²) in [5.41, 5.74) is 5.25. The zero-order valence-electron chi connectivity index (χ0n) is 21.1. The van der Waals surface area contributed by atoms with E-state index in [-0.39, 0.29) is 18.1 Å². The van der Waals surface area contributed by atoms with Crippen molar-refractivity contribution in [3.05, 3.63) is 98.7 Å². The molecule has 0 unspecified atom stereocenters. The number of aromatic carboxylic acids is 1. The average Bonchev–Trinajstić information content (AvgIpc) is 3.26. The van der Waals surface area contributed by atoms with E-state index in [4.69, 9.17) is 32.5 Å². The minimum atomic E-state index is -0.935. The third kappa shape index (κ3) is 5.92. The van der Waals surface area contributed by atoms with Crippen LogP contribution in [-0.4, -0.2) is 23.3 Å². The first-order valence-corrected chi connectivity index (χ1v) is 12.6. The number of carboxylic acid groups (broad SMARTS) is 1. The number of anilines is 1. The molecule has 0 aliphatic rings. The third-order valence-electron chi connectivity index (χ3n) is 6.10. The highest BCUT2D eigenvalue weighted by molar-refractivity contribution is 6.39. The first-order chi connectivity index (χ1) is 17.7. The van der Waals surface area contributed by atoms with Gasteiger partial charge in [-0.05, 0) is 60.5 Å². The fraction of sp³-hybridized carbons (Fsp3) is 0.241. The summed E-state index contributed by atoms with van der Waals surface area (Å²) in [7, 11) is 1.97. The number of aryl methyl sites for hydroxylation is 1. The van der Waals surface area contributed by atoms with Crippen LogP contribution in [0.4, 0.5) is 5.69 Å². The third-order valence-corrected chi connectivity index (χ3v) is 6.73. The molecule has 4 aromatic rings. The maximum Gasteiger partial charge on any atom is 0.335 e. The van der Waals surface area contributed by atoms with Crippen LogP contribution >= 0.6 is 23.2 Å². The summed E-state index contributed by atoms with van der Waals surface area (Å²) in [5, 5.41) is 14.5. The van der Waals surface area contributed by atoms with Crippen molar-refractivity contribution in [3.63, 3.8) is 0 Å². The Morgan fingerprint density at radius 1 is 1.08 bits per heavy atom. The molecule has 1 heterocycles. The van der Waals surface area contributed by atoms with Gasteiger partial charge in [0, 0.05) is 30.8 Å². The normalized spacial score (nSPS) is 11.1. The molecule has 8 heteroatoms. The van der Waals surface area contributed by atoms with E-state index in [2.05, 4.69) is 10.1 Å². The van der Waals surface area contributed by atoms with Crippen molar-refractivity contribution >= 4 is 34.9 Å². The van der Waals surface area contributed by atoms with E-state index >= 15 is 0 Å². The predicted molar refractivity (Wildman–Crippen MR) is 147 cm³/mol. The number of aromatic nitrogens is 1. The molecule has 0 aliphatic heterocycles. The second-order valence-corrected chi connectivity index (χ2v) is 10.0. The molecule has 37 heavy (non-hydrogen) atoms. The number of carbonyl (C=O) groups is 1. The van der Waals surface area contributed by atoms with Crippen LogP contribution in [0, 0.1) is 6.92 Å². The van der Waals surface area contributed by atoms with E-state index in [9.17, 15) is 9.90 Å². The van der Waals surface area contributed by atoms with Gasteiger partial charge in [-0.3, -0.25) is 0 Å². The zero-order valence-corrected chi connectivity index (χ0v) is 22.6. The Hall–Kier alpha value is -3.48. The van der Waals surface area contributed by atoms with Gasteiger partial charge in [0.15, 0.2) is 0 Å². The minimum absolute atomic E-state index is 0.0958. The fourth-order valence-corrected chi connectivity index (χ4v) is 4.88. The van der Waals surface area contributed by atoms with Crippen LogP contribution in [0.2, 0.25) is 10.0 Å². The van der Waals surface area contributed by atoms with Gasteiger partial charge in [0.2, 0.25) is 0 Å². The van der Waals surface area contributed by atoms with Gasteiger partial charge >= 0.3 is 5.97 Å². The largest absolute Gasteiger partial charge is 0.489 e. The summed E-state index contributed by atoms with van der Waals surface area (Å²) in [6, 6.07) is 18.2. The van der Waals surface area contributed by atoms with Crippen molar-refractivity contribution in [2.75, 3.05) is 11.9 Å². The maximum absolute atomic E-state index is 11.3. The quantitative estimate of drug-likeness (QED) is 0.232. The highest BCUT2D eigenvalue weighted by Gasteiger charge is 2.24. The van der Waals surface area contributed by atoms with Gasteiger partial charge in [-0.2, -0.15) is 0 Å². The monoisotopic (exact) mass is 538 g/mol. The Bertz CT molecular complexity index is 1410. The lowest BCUT2D eigenvalue weighted by atomic mass is 10.0. The lowest BCUT2D eigenvalue weighted by Crippen LogP contribution is -2.17. The summed E-state index contributed by atoms with van der Waals surface area (Å²) in [6.07, 6.45) is 0. The molecule has 0 spiro atoms. The van der Waals surface area contributed by atoms with Crippen molar-refractivity contribution < 1.29 is 19.2 Å². The number of halogens is 2. The van der Waals surface area contributed by atoms with Crippen LogP contribution < -0.4 is 9.64 Å². The molecule has 0 saturated heterocycles. The number of hydrogen-bond acceptors (Lipinski definition) is 5. The van der Waals surface area contributed by atoms with Gasteiger partial charge in [-0.15, -0.1) is 0 Å². The topological polar surface area (TPSA) is 75.8 Å². The van der Waals surface area contributed by atoms with Crippen LogP contribution in [-0.2, 0) is 13.2 Å². The van der Waals surface area contributed by atoms with Crippen LogP contribution in [0.1, 0.15) is 52.6 Å². The van der Waals surface area contributed by atoms with Gasteiger partial charge in [-0.25, -0.2) is 4.79 Å². The second-order valence-electron chi connectivity index (χ2n) is 9.22. The maximum atomic E-state index is 11.3. The molecular weight excluding hydrogens is 511 g/mol. The van der Waals surface area contributed by atoms with E-state index in [1.54, 1.807) is 36.4 Å². The summed E-state index contributed by atoms with van der Waals surface area (Å²) >= 11 is 12.9. The van der Waals surface area contributed by atoms with Crippen molar-refractivity contribution in [2.24, 2.45) is 0 Å². The molecule has 0 radical (unpaired) electrons. The fourth-order valence-electron chi connectivity index (χ4n) is 4.30. The van der Waals surface area contributed by atoms with Crippen molar-refractivity contribution in [2.45, 2.75) is 39.8 Å². The van der Waals surface area contributed by atoms with E-state index in [1.807, 2.05) is 52.1 Å². The minimum Gasteiger partial charge on any atom is -0.489 e. The first kappa shape index (κ1) is 26.6. The Morgan fingerprint density at radius 3 is 2.43 bits per heavy atom. The van der Waals surface area contributed by atoms with Crippen LogP contribution in [0.5, 0.6) is 5.75 Å². The molecule has 4 rings (SSSR count). The van der Waals surface area contributed by atoms with Crippen molar-refractivity contribution in [1.82, 2.24) is 5.16 Å². The Kier molecular flexibility index (Phi) is 8.10. The highest BCUT2D eigenvalue weighted by atomic mass is 35.5. The number of benzene rings is 3. The van der Waals surface area contributed by atoms with E-state index < -0.39 is 5.97 Å². The number of ether oxygens (including phenoxy) is 1. The van der Waals surface area contributed by atoms with Crippen molar-refractivity contribution in [1.29, 1.82) is 0 Å². The SMILES string of the molecule is Cc1cc(OCc2c(-c3c(Cl)cccc3Cl)noc2C(C)C)ccc1N(C)Cc1cccc(C(=O)O)c1. The van der Waals surface area contributed by atoms with Gasteiger partial charge in [0.05, 0.1) is 21.2 Å². The first-order valence-electron chi connectivity index (χ1n) is 11.8. The van der Waals surface area contributed by atoms with Gasteiger partial charge in [-0.1, -0.05) is 60.4 Å². The summed E-state index contributed by atoms with van der Waals surface area (Å²) in [5.74, 6) is 0.589. The number of carboxylic acids is 1. The number of rotatable bonds is 9. The van der Waals surface area contributed by atoms with E-state index in [1.165, 1.54) is 0 Å². The molecule has 0 saturated carbocycles. The van der Waals surface area contributed by atoms with Gasteiger partial charge in [0.25, 0.3) is 0 Å². The molecule has 0 bridgehead atoms. The lowest BCUT2D eigenvalue weighted by molar-refractivity contribution is 0.0696. The molecule has 0 fully saturated rings. The highest BCUT2D eigenvalue weighted by Crippen LogP contribution is 2.39. The zero-order chi connectivity index (χ0) is 26.7. The van der Waals surface area contributed by atoms with E-state index in [0.717, 1.165) is 28.1 Å². The molecule has 192 valence electrons. The molecule has 0 aliphatic carbocycles. The molecule has 1 N–H and O–H groups in total. The average molecular weight is 539 g/mol. The molecule has 6 nitrogen and oxygen atoms in total. The Morgan fingerprint density at radius 2 is 1.78 bits per heavy atom. The van der Waals surface area contributed by atoms with E-state index in [0.29, 0.717) is 33.6 Å².